The Hall–Kier alpha value is -1.99. The van der Waals surface area contributed by atoms with E-state index in [2.05, 4.69) is 0 Å². The second-order valence-electron chi connectivity index (χ2n) is 3.89. The Morgan fingerprint density at radius 2 is 2.11 bits per heavy atom. The summed E-state index contributed by atoms with van der Waals surface area (Å²) in [5.74, 6) is 1.02. The van der Waals surface area contributed by atoms with Crippen molar-refractivity contribution in [2.24, 2.45) is 0 Å². The number of methoxy groups -OCH3 is 1. The molecule has 2 nitrogen and oxygen atoms in total. The molecule has 0 amide bonds. The number of halogens is 1. The lowest BCUT2D eigenvalue weighted by atomic mass is 10.1. The highest BCUT2D eigenvalue weighted by Crippen LogP contribution is 2.26. The van der Waals surface area contributed by atoms with Gasteiger partial charge in [-0.2, -0.15) is 5.26 Å². The third-order valence-corrected chi connectivity index (χ3v) is 3.66. The Kier molecular flexibility index (Phi) is 4.43. The van der Waals surface area contributed by atoms with Crippen LogP contribution in [0.5, 0.6) is 5.75 Å². The van der Waals surface area contributed by atoms with Gasteiger partial charge in [0.1, 0.15) is 17.6 Å². The fourth-order valence-corrected chi connectivity index (χ4v) is 2.49. The van der Waals surface area contributed by atoms with Crippen molar-refractivity contribution in [1.82, 2.24) is 0 Å². The maximum absolute atomic E-state index is 13.2. The number of benzene rings is 2. The molecule has 0 saturated carbocycles. The zero-order valence-electron chi connectivity index (χ0n) is 10.4. The van der Waals surface area contributed by atoms with Gasteiger partial charge in [0, 0.05) is 10.6 Å². The monoisotopic (exact) mass is 273 g/mol. The van der Waals surface area contributed by atoms with Gasteiger partial charge in [-0.05, 0) is 35.9 Å². The van der Waals surface area contributed by atoms with E-state index in [1.165, 1.54) is 6.07 Å². The van der Waals surface area contributed by atoms with E-state index in [-0.39, 0.29) is 5.56 Å². The summed E-state index contributed by atoms with van der Waals surface area (Å²) in [7, 11) is 1.63. The van der Waals surface area contributed by atoms with Gasteiger partial charge in [0.2, 0.25) is 0 Å². The standard InChI is InChI=1S/C15H12FNOS/c1-18-13-3-2-4-14(8-13)19-10-11-5-6-15(16)12(7-11)9-17/h2-8H,10H2,1H3. The number of nitriles is 1. The van der Waals surface area contributed by atoms with Crippen LogP contribution >= 0.6 is 11.8 Å². The molecule has 96 valence electrons. The molecular weight excluding hydrogens is 261 g/mol. The topological polar surface area (TPSA) is 33.0 Å². The number of hydrogen-bond donors (Lipinski definition) is 0. The van der Waals surface area contributed by atoms with Gasteiger partial charge in [0.25, 0.3) is 0 Å². The summed E-state index contributed by atoms with van der Waals surface area (Å²) >= 11 is 1.62. The van der Waals surface area contributed by atoms with Crippen molar-refractivity contribution in [1.29, 1.82) is 5.26 Å². The molecule has 0 unspecified atom stereocenters. The average Bonchev–Trinajstić information content (AvgIpc) is 2.46. The Bertz CT molecular complexity index is 622. The van der Waals surface area contributed by atoms with Gasteiger partial charge in [0.15, 0.2) is 0 Å². The van der Waals surface area contributed by atoms with Crippen molar-refractivity contribution in [3.05, 3.63) is 59.4 Å². The fourth-order valence-electron chi connectivity index (χ4n) is 1.61. The summed E-state index contributed by atoms with van der Waals surface area (Å²) in [5.41, 5.74) is 1.01. The molecule has 2 aromatic carbocycles. The summed E-state index contributed by atoms with van der Waals surface area (Å²) < 4.78 is 18.3. The molecule has 2 aromatic rings. The zero-order chi connectivity index (χ0) is 13.7. The first-order chi connectivity index (χ1) is 9.22. The molecule has 2 rings (SSSR count). The van der Waals surface area contributed by atoms with Gasteiger partial charge < -0.3 is 4.74 Å². The van der Waals surface area contributed by atoms with Crippen LogP contribution in [-0.4, -0.2) is 7.11 Å². The van der Waals surface area contributed by atoms with Crippen LogP contribution in [0.4, 0.5) is 4.39 Å². The van der Waals surface area contributed by atoms with E-state index in [9.17, 15) is 4.39 Å². The lowest BCUT2D eigenvalue weighted by Crippen LogP contribution is -1.88. The molecule has 0 fully saturated rings. The van der Waals surface area contributed by atoms with E-state index in [0.717, 1.165) is 16.2 Å². The Morgan fingerprint density at radius 3 is 2.84 bits per heavy atom. The number of ether oxygens (including phenoxy) is 1. The lowest BCUT2D eigenvalue weighted by molar-refractivity contribution is 0.413. The first kappa shape index (κ1) is 13.4. The smallest absolute Gasteiger partial charge is 0.140 e. The highest BCUT2D eigenvalue weighted by Gasteiger charge is 2.04. The largest absolute Gasteiger partial charge is 0.497 e. The molecule has 0 bridgehead atoms. The van der Waals surface area contributed by atoms with E-state index in [0.29, 0.717) is 5.75 Å². The number of thioether (sulfide) groups is 1. The number of rotatable bonds is 4. The van der Waals surface area contributed by atoms with Crippen molar-refractivity contribution < 1.29 is 9.13 Å². The van der Waals surface area contributed by atoms with E-state index < -0.39 is 5.82 Å². The van der Waals surface area contributed by atoms with Crippen LogP contribution < -0.4 is 4.74 Å². The predicted octanol–water partition coefficient (Wildman–Crippen LogP) is 4.00. The molecule has 4 heteroatoms. The number of nitrogens with zero attached hydrogens (tertiary/aromatic N) is 1. The van der Waals surface area contributed by atoms with E-state index in [4.69, 9.17) is 10.00 Å². The predicted molar refractivity (Wildman–Crippen MR) is 73.7 cm³/mol. The molecule has 0 spiro atoms. The fraction of sp³-hybridized carbons (Fsp3) is 0.133. The summed E-state index contributed by atoms with van der Waals surface area (Å²) in [6.45, 7) is 0. The third-order valence-electron chi connectivity index (χ3n) is 2.60. The summed E-state index contributed by atoms with van der Waals surface area (Å²) in [6, 6.07) is 14.2. The molecule has 0 heterocycles. The summed E-state index contributed by atoms with van der Waals surface area (Å²) in [6.07, 6.45) is 0. The molecule has 0 saturated heterocycles. The van der Waals surface area contributed by atoms with E-state index in [1.54, 1.807) is 31.0 Å². The summed E-state index contributed by atoms with van der Waals surface area (Å²) in [4.78, 5) is 1.07. The molecule has 0 aliphatic carbocycles. The van der Waals surface area contributed by atoms with Crippen LogP contribution in [0.2, 0.25) is 0 Å². The van der Waals surface area contributed by atoms with Crippen molar-refractivity contribution in [2.45, 2.75) is 10.6 Å². The second kappa shape index (κ2) is 6.26. The van der Waals surface area contributed by atoms with Gasteiger partial charge in [-0.15, -0.1) is 11.8 Å². The SMILES string of the molecule is COc1cccc(SCc2ccc(F)c(C#N)c2)c1. The van der Waals surface area contributed by atoms with Crippen LogP contribution in [0.1, 0.15) is 11.1 Å². The van der Waals surface area contributed by atoms with Crippen molar-refractivity contribution in [2.75, 3.05) is 7.11 Å². The van der Waals surface area contributed by atoms with Crippen LogP contribution in [-0.2, 0) is 5.75 Å². The molecule has 0 aromatic heterocycles. The van der Waals surface area contributed by atoms with Gasteiger partial charge >= 0.3 is 0 Å². The minimum absolute atomic E-state index is 0.0868. The van der Waals surface area contributed by atoms with Crippen LogP contribution in [0.3, 0.4) is 0 Å². The highest BCUT2D eigenvalue weighted by molar-refractivity contribution is 7.98. The molecule has 0 aliphatic rings. The molecule has 0 aliphatic heterocycles. The first-order valence-electron chi connectivity index (χ1n) is 5.68. The number of hydrogen-bond acceptors (Lipinski definition) is 3. The molecular formula is C15H12FNOS. The highest BCUT2D eigenvalue weighted by atomic mass is 32.2. The normalized spacial score (nSPS) is 9.95. The van der Waals surface area contributed by atoms with Gasteiger partial charge in [-0.3, -0.25) is 0 Å². The minimum Gasteiger partial charge on any atom is -0.497 e. The maximum Gasteiger partial charge on any atom is 0.140 e. The maximum atomic E-state index is 13.2. The van der Waals surface area contributed by atoms with Gasteiger partial charge in [0.05, 0.1) is 12.7 Å². The minimum atomic E-state index is -0.474. The van der Waals surface area contributed by atoms with Crippen LogP contribution in [0.15, 0.2) is 47.4 Å². The van der Waals surface area contributed by atoms with Crippen molar-refractivity contribution >= 4 is 11.8 Å². The zero-order valence-corrected chi connectivity index (χ0v) is 11.2. The van der Waals surface area contributed by atoms with Crippen LogP contribution in [0.25, 0.3) is 0 Å². The Morgan fingerprint density at radius 1 is 1.26 bits per heavy atom. The van der Waals surface area contributed by atoms with Crippen molar-refractivity contribution in [3.63, 3.8) is 0 Å². The first-order valence-corrected chi connectivity index (χ1v) is 6.67. The molecule has 0 atom stereocenters. The Labute approximate surface area is 115 Å². The molecule has 0 N–H and O–H groups in total. The Balaban J connectivity index is 2.08. The van der Waals surface area contributed by atoms with Gasteiger partial charge in [-0.25, -0.2) is 4.39 Å². The lowest BCUT2D eigenvalue weighted by Gasteiger charge is -2.05. The summed E-state index contributed by atoms with van der Waals surface area (Å²) in [5, 5.41) is 8.78. The van der Waals surface area contributed by atoms with Crippen molar-refractivity contribution in [3.8, 4) is 11.8 Å². The van der Waals surface area contributed by atoms with Gasteiger partial charge in [-0.1, -0.05) is 12.1 Å². The van der Waals surface area contributed by atoms with E-state index in [1.807, 2.05) is 30.3 Å². The second-order valence-corrected chi connectivity index (χ2v) is 4.94. The average molecular weight is 273 g/mol. The third kappa shape index (κ3) is 3.49. The quantitative estimate of drug-likeness (QED) is 0.789. The molecule has 19 heavy (non-hydrogen) atoms. The van der Waals surface area contributed by atoms with Crippen LogP contribution in [0, 0.1) is 17.1 Å². The van der Waals surface area contributed by atoms with E-state index >= 15 is 0 Å². The molecule has 0 radical (unpaired) electrons.